The Balaban J connectivity index is 1.34. The first-order valence-corrected chi connectivity index (χ1v) is 42.0. The van der Waals surface area contributed by atoms with Crippen LogP contribution in [-0.4, -0.2) is 193 Å². The molecule has 3 saturated heterocycles. The number of aliphatic hydroxyl groups is 11. The first-order valence-electron chi connectivity index (χ1n) is 42.0. The maximum absolute atomic E-state index is 13.5. The number of nitrogens with one attached hydrogen (secondary N) is 1. The van der Waals surface area contributed by atoms with Crippen LogP contribution in [0.25, 0.3) is 0 Å². The number of allylic oxidation sites excluding steroid dienone is 16. The number of ether oxygens (including phenoxy) is 6. The predicted octanol–water partition coefficient (Wildman–Crippen LogP) is 14.7. The molecule has 1 amide bonds. The third kappa shape index (κ3) is 45.0. The van der Waals surface area contributed by atoms with Gasteiger partial charge in [0.2, 0.25) is 5.91 Å². The summed E-state index contributed by atoms with van der Waals surface area (Å²) in [4.78, 5) is 13.5. The summed E-state index contributed by atoms with van der Waals surface area (Å²) < 4.78 is 34.5. The van der Waals surface area contributed by atoms with Gasteiger partial charge in [-0.25, -0.2) is 0 Å². The average Bonchev–Trinajstić information content (AvgIpc) is 0.779. The van der Waals surface area contributed by atoms with Crippen LogP contribution in [0.2, 0.25) is 0 Å². The van der Waals surface area contributed by atoms with E-state index in [1.54, 1.807) is 0 Å². The van der Waals surface area contributed by atoms with Gasteiger partial charge in [0.15, 0.2) is 18.9 Å². The highest BCUT2D eigenvalue weighted by Crippen LogP contribution is 2.33. The van der Waals surface area contributed by atoms with Crippen molar-refractivity contribution in [1.82, 2.24) is 5.32 Å². The number of aliphatic hydroxyl groups excluding tert-OH is 11. The molecule has 0 aromatic heterocycles. The van der Waals surface area contributed by atoms with Gasteiger partial charge in [0.1, 0.15) is 73.2 Å². The van der Waals surface area contributed by atoms with E-state index in [9.17, 15) is 61.0 Å². The van der Waals surface area contributed by atoms with Gasteiger partial charge >= 0.3 is 0 Å². The van der Waals surface area contributed by atoms with E-state index in [0.717, 1.165) is 103 Å². The Hall–Kier alpha value is -3.29. The van der Waals surface area contributed by atoms with Crippen LogP contribution in [0.4, 0.5) is 0 Å². The maximum atomic E-state index is 13.5. The van der Waals surface area contributed by atoms with E-state index in [0.29, 0.717) is 12.8 Å². The van der Waals surface area contributed by atoms with Gasteiger partial charge in [-0.1, -0.05) is 323 Å². The summed E-state index contributed by atoms with van der Waals surface area (Å²) in [7, 11) is 0. The lowest BCUT2D eigenvalue weighted by molar-refractivity contribution is -0.379. The predicted molar refractivity (Wildman–Crippen MR) is 420 cm³/mol. The lowest BCUT2D eigenvalue weighted by Crippen LogP contribution is -2.66. The van der Waals surface area contributed by atoms with E-state index in [1.165, 1.54) is 173 Å². The van der Waals surface area contributed by atoms with E-state index in [4.69, 9.17) is 28.4 Å². The SMILES string of the molecule is CC/C=C\C/C=C\C/C=C\C/C=C\C/C=C\C/C=C\C/C=C\C/C=C\CCCCCCCCCCCCCCC(=O)NC(COC1OC(CO)C(OC2OC(CO)C(OC3OC(CO)C(O)C(O)C3O)C(O)C2O)C(O)C1O)C(O)CCCCCCCCCCCCCCCCCCCCCCCCC. The van der Waals surface area contributed by atoms with E-state index in [1.807, 2.05) is 0 Å². The highest BCUT2D eigenvalue weighted by Gasteiger charge is 2.54. The van der Waals surface area contributed by atoms with Gasteiger partial charge in [0, 0.05) is 6.42 Å². The van der Waals surface area contributed by atoms with Crippen molar-refractivity contribution in [1.29, 1.82) is 0 Å². The Morgan fingerprint density at radius 2 is 0.657 bits per heavy atom. The number of hydrogen-bond donors (Lipinski definition) is 12. The summed E-state index contributed by atoms with van der Waals surface area (Å²) in [5, 5.41) is 121. The topological polar surface area (TPSA) is 307 Å². The molecular formula is C86H151NO18. The first-order chi connectivity index (χ1) is 51.3. The Bertz CT molecular complexity index is 2270. The first kappa shape index (κ1) is 95.9. The molecule has 19 nitrogen and oxygen atoms in total. The van der Waals surface area contributed by atoms with Gasteiger partial charge in [-0.15, -0.1) is 0 Å². The molecule has 19 heteroatoms. The van der Waals surface area contributed by atoms with Gasteiger partial charge in [-0.2, -0.15) is 0 Å². The van der Waals surface area contributed by atoms with Crippen molar-refractivity contribution in [2.45, 2.75) is 413 Å². The highest BCUT2D eigenvalue weighted by atomic mass is 16.8. The van der Waals surface area contributed by atoms with E-state index in [-0.39, 0.29) is 18.9 Å². The van der Waals surface area contributed by atoms with Crippen LogP contribution in [-0.2, 0) is 33.2 Å². The number of hydrogen-bond acceptors (Lipinski definition) is 18. The van der Waals surface area contributed by atoms with Crippen molar-refractivity contribution in [2.24, 2.45) is 0 Å². The minimum atomic E-state index is -1.98. The fourth-order valence-electron chi connectivity index (χ4n) is 13.7. The Morgan fingerprint density at radius 1 is 0.352 bits per heavy atom. The van der Waals surface area contributed by atoms with E-state index in [2.05, 4.69) is 116 Å². The number of rotatable bonds is 66. The van der Waals surface area contributed by atoms with Gasteiger partial charge in [-0.3, -0.25) is 4.79 Å². The molecule has 0 spiro atoms. The minimum Gasteiger partial charge on any atom is -0.394 e. The lowest BCUT2D eigenvalue weighted by atomic mass is 9.96. The molecule has 0 aliphatic carbocycles. The Morgan fingerprint density at radius 3 is 1.03 bits per heavy atom. The molecule has 608 valence electrons. The molecule has 0 bridgehead atoms. The fraction of sp³-hybridized carbons (Fsp3) is 0.802. The zero-order chi connectivity index (χ0) is 76.0. The molecular weight excluding hydrogens is 1330 g/mol. The van der Waals surface area contributed by atoms with Crippen molar-refractivity contribution in [3.8, 4) is 0 Å². The Kier molecular flexibility index (Phi) is 59.8. The van der Waals surface area contributed by atoms with Crippen molar-refractivity contribution < 1.29 is 89.4 Å². The molecule has 0 saturated carbocycles. The largest absolute Gasteiger partial charge is 0.394 e. The van der Waals surface area contributed by atoms with Gasteiger partial charge in [0.25, 0.3) is 0 Å². The molecule has 3 aliphatic heterocycles. The summed E-state index contributed by atoms with van der Waals surface area (Å²) in [6, 6.07) is -0.895. The number of carbonyl (C=O) groups excluding carboxylic acids is 1. The monoisotopic (exact) mass is 1490 g/mol. The van der Waals surface area contributed by atoms with Gasteiger partial charge in [-0.05, 0) is 77.0 Å². The molecule has 17 unspecified atom stereocenters. The van der Waals surface area contributed by atoms with Gasteiger partial charge in [0.05, 0.1) is 38.6 Å². The molecule has 3 rings (SSSR count). The quantitative estimate of drug-likeness (QED) is 0.0199. The summed E-state index contributed by atoms with van der Waals surface area (Å²) in [6.45, 7) is 1.72. The zero-order valence-electron chi connectivity index (χ0n) is 65.2. The molecule has 0 radical (unpaired) electrons. The smallest absolute Gasteiger partial charge is 0.220 e. The second-order valence-electron chi connectivity index (χ2n) is 29.6. The lowest BCUT2D eigenvalue weighted by Gasteiger charge is -2.48. The summed E-state index contributed by atoms with van der Waals surface area (Å²) >= 11 is 0. The number of amides is 1. The standard InChI is InChI=1S/C86H151NO18/c1-3-5-7-9-11-13-15-17-19-21-23-25-27-28-29-30-31-32-33-34-35-36-37-38-39-40-42-44-46-48-50-52-54-56-58-60-62-64-74(92)87-69(70(91)63-61-59-57-55-53-51-49-47-45-43-41-26-24-22-20-18-16-14-12-10-8-6-4-2)68-100-84-80(98)77(95)82(72(66-89)102-84)105-86-81(99)78(96)83(73(67-90)103-86)104-85-79(97)76(94)75(93)71(65-88)101-85/h5,7,11,13,17,19,23,25,28-29,31-32,34-35,37-38,69-73,75-86,88-91,93-99H,3-4,6,8-10,12,14-16,18,20-22,24,26-27,30,33,36,39-68H2,1-2H3,(H,87,92)/b7-5-,13-11-,19-17-,25-23-,29-28-,32-31-,35-34-,38-37-. The number of carbonyl (C=O) groups is 1. The second kappa shape index (κ2) is 65.4. The normalized spacial score (nSPS) is 26.3. The van der Waals surface area contributed by atoms with E-state index >= 15 is 0 Å². The zero-order valence-corrected chi connectivity index (χ0v) is 65.2. The van der Waals surface area contributed by atoms with Crippen LogP contribution >= 0.6 is 0 Å². The molecule has 0 aromatic rings. The Labute approximate surface area is 634 Å². The van der Waals surface area contributed by atoms with Crippen LogP contribution in [0.5, 0.6) is 0 Å². The molecule has 17 atom stereocenters. The van der Waals surface area contributed by atoms with Crippen LogP contribution in [0.3, 0.4) is 0 Å². The highest BCUT2D eigenvalue weighted by molar-refractivity contribution is 5.76. The average molecular weight is 1490 g/mol. The van der Waals surface area contributed by atoms with Crippen molar-refractivity contribution in [3.05, 3.63) is 97.2 Å². The van der Waals surface area contributed by atoms with Gasteiger partial charge < -0.3 is 89.9 Å². The van der Waals surface area contributed by atoms with Crippen LogP contribution < -0.4 is 5.32 Å². The molecule has 105 heavy (non-hydrogen) atoms. The summed E-state index contributed by atoms with van der Waals surface area (Å²) in [5.41, 5.74) is 0. The van der Waals surface area contributed by atoms with E-state index < -0.39 is 124 Å². The molecule has 0 aromatic carbocycles. The van der Waals surface area contributed by atoms with Crippen molar-refractivity contribution >= 4 is 5.91 Å². The fourth-order valence-corrected chi connectivity index (χ4v) is 13.7. The van der Waals surface area contributed by atoms with Crippen LogP contribution in [0.15, 0.2) is 97.2 Å². The maximum Gasteiger partial charge on any atom is 0.220 e. The minimum absolute atomic E-state index is 0.245. The second-order valence-corrected chi connectivity index (χ2v) is 29.6. The number of unbranched alkanes of at least 4 members (excludes halogenated alkanes) is 34. The summed E-state index contributed by atoms with van der Waals surface area (Å²) in [5.74, 6) is -0.245. The van der Waals surface area contributed by atoms with Crippen molar-refractivity contribution in [2.75, 3.05) is 26.4 Å². The van der Waals surface area contributed by atoms with Crippen LogP contribution in [0.1, 0.15) is 309 Å². The van der Waals surface area contributed by atoms with Crippen LogP contribution in [0, 0.1) is 0 Å². The van der Waals surface area contributed by atoms with Crippen molar-refractivity contribution in [3.63, 3.8) is 0 Å². The molecule has 3 aliphatic rings. The molecule has 12 N–H and O–H groups in total. The third-order valence-electron chi connectivity index (χ3n) is 20.4. The third-order valence-corrected chi connectivity index (χ3v) is 20.4. The molecule has 3 fully saturated rings. The molecule has 3 heterocycles. The summed E-state index contributed by atoms with van der Waals surface area (Å²) in [6.07, 6.45) is 62.0.